The molecule has 102 valence electrons. The number of nitrogens with zero attached hydrogens (tertiary/aromatic N) is 1. The van der Waals surface area contributed by atoms with Crippen molar-refractivity contribution in [2.75, 3.05) is 12.7 Å². The van der Waals surface area contributed by atoms with E-state index in [1.807, 2.05) is 13.8 Å². The summed E-state index contributed by atoms with van der Waals surface area (Å²) in [5.41, 5.74) is 0. The van der Waals surface area contributed by atoms with Crippen molar-refractivity contribution in [3.63, 3.8) is 0 Å². The third kappa shape index (κ3) is 1.78. The Hall–Kier alpha value is 0.0200. The normalized spacial score (nSPS) is 37.2. The van der Waals surface area contributed by atoms with Crippen LogP contribution in [-0.2, 0) is 14.3 Å². The number of thioether (sulfide) groups is 1. The largest absolute Gasteiger partial charge is 0.448 e. The summed E-state index contributed by atoms with van der Waals surface area (Å²) >= 11 is 10.1. The number of hydrogen-bond acceptors (Lipinski definition) is 5. The molecule has 0 spiro atoms. The Morgan fingerprint density at radius 2 is 2.28 bits per heavy atom. The van der Waals surface area contributed by atoms with Gasteiger partial charge in [0.2, 0.25) is 5.91 Å². The molecule has 0 aliphatic carbocycles. The molecule has 2 heterocycles. The van der Waals surface area contributed by atoms with Crippen molar-refractivity contribution in [3.05, 3.63) is 0 Å². The molecule has 2 saturated heterocycles. The number of esters is 1. The zero-order chi connectivity index (χ0) is 13.7. The summed E-state index contributed by atoms with van der Waals surface area (Å²) < 4.78 is 3.35. The number of halogens is 2. The topological polar surface area (TPSA) is 66.8 Å². The molecule has 0 saturated carbocycles. The fraction of sp³-hybridized carbons (Fsp3) is 0.800. The summed E-state index contributed by atoms with van der Waals surface area (Å²) in [6.07, 6.45) is 0. The van der Waals surface area contributed by atoms with Crippen LogP contribution >= 0.6 is 39.3 Å². The van der Waals surface area contributed by atoms with Crippen LogP contribution in [0.2, 0.25) is 0 Å². The number of alkyl halides is 2. The molecule has 5 nitrogen and oxygen atoms in total. The summed E-state index contributed by atoms with van der Waals surface area (Å²) in [7, 11) is 0. The van der Waals surface area contributed by atoms with E-state index in [9.17, 15) is 14.7 Å². The van der Waals surface area contributed by atoms with Crippen molar-refractivity contribution in [1.29, 1.82) is 0 Å². The van der Waals surface area contributed by atoms with Gasteiger partial charge in [0.1, 0.15) is 11.4 Å². The third-order valence-corrected chi connectivity index (χ3v) is 6.36. The number of β-lactam (4-membered cyclic amide) rings is 1. The van der Waals surface area contributed by atoms with Crippen molar-refractivity contribution in [2.45, 2.75) is 34.3 Å². The minimum atomic E-state index is -0.981. The lowest BCUT2D eigenvalue weighted by Gasteiger charge is -2.48. The van der Waals surface area contributed by atoms with Crippen molar-refractivity contribution in [1.82, 2.24) is 4.90 Å². The van der Waals surface area contributed by atoms with Gasteiger partial charge in [0.25, 0.3) is 0 Å². The lowest BCUT2D eigenvalue weighted by molar-refractivity contribution is -0.164. The number of carbonyl (C=O) groups is 2. The fourth-order valence-corrected chi connectivity index (χ4v) is 4.77. The Bertz CT molecular complexity index is 407. The van der Waals surface area contributed by atoms with Gasteiger partial charge >= 0.3 is 5.97 Å². The van der Waals surface area contributed by atoms with Gasteiger partial charge in [0.15, 0.2) is 10.4 Å². The van der Waals surface area contributed by atoms with E-state index in [2.05, 4.69) is 15.9 Å². The summed E-state index contributed by atoms with van der Waals surface area (Å²) in [4.78, 5) is 25.4. The van der Waals surface area contributed by atoms with Crippen molar-refractivity contribution in [2.24, 2.45) is 0 Å². The number of amides is 1. The molecule has 0 aromatic rings. The van der Waals surface area contributed by atoms with Crippen LogP contribution in [0.1, 0.15) is 13.8 Å². The molecule has 1 amide bonds. The Labute approximate surface area is 122 Å². The summed E-state index contributed by atoms with van der Waals surface area (Å²) in [5.74, 6) is -0.796. The predicted octanol–water partition coefficient (Wildman–Crippen LogP) is 0.914. The molecule has 2 rings (SSSR count). The molecule has 1 N–H and O–H groups in total. The number of fused-ring (bicyclic) bond motifs is 1. The third-order valence-electron chi connectivity index (χ3n) is 3.24. The second-order valence-electron chi connectivity index (χ2n) is 4.78. The Kier molecular flexibility index (Phi) is 3.64. The number of rotatable bonds is 3. The monoisotopic (exact) mass is 357 g/mol. The first-order valence-electron chi connectivity index (χ1n) is 5.32. The summed E-state index contributed by atoms with van der Waals surface area (Å²) in [6.45, 7) is 3.44. The van der Waals surface area contributed by atoms with E-state index in [0.717, 1.165) is 0 Å². The minimum absolute atomic E-state index is 0.234. The van der Waals surface area contributed by atoms with Gasteiger partial charge in [-0.1, -0.05) is 27.5 Å². The van der Waals surface area contributed by atoms with E-state index >= 15 is 0 Å². The standard InChI is InChI=1S/C10H13BrClNO4S/c1-9(2)5(6(15)17-4-12)13-7(16)10(11,3-14)8(13)18-9/h5,8,14H,3-4H2,1-2H3/t5-,8+,10+/m0/s1. The van der Waals surface area contributed by atoms with Gasteiger partial charge < -0.3 is 14.7 Å². The van der Waals surface area contributed by atoms with Gasteiger partial charge in [-0.2, -0.15) is 0 Å². The van der Waals surface area contributed by atoms with Crippen LogP contribution < -0.4 is 0 Å². The average Bonchev–Trinajstić information content (AvgIpc) is 2.58. The predicted molar refractivity (Wildman–Crippen MR) is 71.6 cm³/mol. The quantitative estimate of drug-likeness (QED) is 0.461. The molecular formula is C10H13BrClNO4S. The lowest BCUT2D eigenvalue weighted by Crippen LogP contribution is -2.72. The van der Waals surface area contributed by atoms with Crippen LogP contribution in [0.15, 0.2) is 0 Å². The van der Waals surface area contributed by atoms with Crippen LogP contribution in [-0.4, -0.2) is 55.0 Å². The van der Waals surface area contributed by atoms with Gasteiger partial charge in [-0.3, -0.25) is 4.79 Å². The molecule has 0 unspecified atom stereocenters. The number of ether oxygens (including phenoxy) is 1. The van der Waals surface area contributed by atoms with Gasteiger partial charge in [-0.05, 0) is 13.8 Å². The van der Waals surface area contributed by atoms with Crippen LogP contribution in [0.3, 0.4) is 0 Å². The number of carbonyl (C=O) groups excluding carboxylic acids is 2. The zero-order valence-corrected chi connectivity index (χ0v) is 13.0. The molecule has 0 aromatic heterocycles. The van der Waals surface area contributed by atoms with Crippen LogP contribution in [0.4, 0.5) is 0 Å². The molecule has 3 atom stereocenters. The Morgan fingerprint density at radius 1 is 1.67 bits per heavy atom. The molecule has 2 fully saturated rings. The first-order chi connectivity index (χ1) is 8.29. The fourth-order valence-electron chi connectivity index (χ4n) is 2.35. The first kappa shape index (κ1) is 14.4. The average molecular weight is 359 g/mol. The van der Waals surface area contributed by atoms with E-state index in [1.54, 1.807) is 0 Å². The van der Waals surface area contributed by atoms with E-state index in [-0.39, 0.29) is 24.0 Å². The summed E-state index contributed by atoms with van der Waals surface area (Å²) in [5, 5.41) is 9.05. The van der Waals surface area contributed by atoms with Crippen molar-refractivity contribution < 1.29 is 19.4 Å². The second-order valence-corrected chi connectivity index (χ2v) is 8.15. The van der Waals surface area contributed by atoms with Crippen molar-refractivity contribution in [3.8, 4) is 0 Å². The highest BCUT2D eigenvalue weighted by molar-refractivity contribution is 9.10. The van der Waals surface area contributed by atoms with Crippen LogP contribution in [0.25, 0.3) is 0 Å². The van der Waals surface area contributed by atoms with Crippen LogP contribution in [0.5, 0.6) is 0 Å². The van der Waals surface area contributed by atoms with Gasteiger partial charge in [-0.15, -0.1) is 11.8 Å². The number of aliphatic hydroxyl groups excluding tert-OH is 1. The van der Waals surface area contributed by atoms with E-state index in [0.29, 0.717) is 0 Å². The highest BCUT2D eigenvalue weighted by Gasteiger charge is 2.70. The first-order valence-corrected chi connectivity index (χ1v) is 7.53. The zero-order valence-electron chi connectivity index (χ0n) is 9.85. The highest BCUT2D eigenvalue weighted by Crippen LogP contribution is 2.57. The van der Waals surface area contributed by atoms with E-state index in [1.165, 1.54) is 16.7 Å². The smallest absolute Gasteiger partial charge is 0.331 e. The van der Waals surface area contributed by atoms with Crippen LogP contribution in [0, 0.1) is 0 Å². The van der Waals surface area contributed by atoms with Gasteiger partial charge in [0, 0.05) is 4.75 Å². The molecule has 0 bridgehead atoms. The molecule has 0 aromatic carbocycles. The Balaban J connectivity index is 2.28. The molecular weight excluding hydrogens is 346 g/mol. The molecule has 18 heavy (non-hydrogen) atoms. The van der Waals surface area contributed by atoms with Crippen molar-refractivity contribution >= 4 is 51.2 Å². The number of aliphatic hydroxyl groups is 1. The van der Waals surface area contributed by atoms with E-state index in [4.69, 9.17) is 16.3 Å². The highest BCUT2D eigenvalue weighted by atomic mass is 79.9. The minimum Gasteiger partial charge on any atom is -0.448 e. The molecule has 2 aliphatic rings. The second kappa shape index (κ2) is 4.54. The lowest BCUT2D eigenvalue weighted by atomic mass is 9.92. The maximum Gasteiger partial charge on any atom is 0.331 e. The summed E-state index contributed by atoms with van der Waals surface area (Å²) in [6, 6.07) is -0.904. The maximum absolute atomic E-state index is 12.1. The van der Waals surface area contributed by atoms with Gasteiger partial charge in [-0.25, -0.2) is 4.79 Å². The SMILES string of the molecule is CC1(C)S[C@H]2N(C(=O)[C@]2(Br)CO)[C@H]1C(=O)OCCl. The molecule has 8 heteroatoms. The maximum atomic E-state index is 12.1. The molecule has 2 aliphatic heterocycles. The number of hydrogen-bond donors (Lipinski definition) is 1. The molecule has 0 radical (unpaired) electrons. The van der Waals surface area contributed by atoms with Gasteiger partial charge in [0.05, 0.1) is 6.61 Å². The van der Waals surface area contributed by atoms with E-state index < -0.39 is 21.1 Å². The Morgan fingerprint density at radius 3 is 2.78 bits per heavy atom.